The highest BCUT2D eigenvalue weighted by Gasteiger charge is 2.15. The van der Waals surface area contributed by atoms with Crippen LogP contribution in [-0.4, -0.2) is 41.8 Å². The molecule has 1 aromatic carbocycles. The minimum absolute atomic E-state index is 0.362. The Bertz CT molecular complexity index is 945. The normalized spacial score (nSPS) is 14.9. The number of hydrogen-bond donors (Lipinski definition) is 2. The van der Waals surface area contributed by atoms with Gasteiger partial charge in [-0.2, -0.15) is 0 Å². The molecule has 1 fully saturated rings. The number of nitrogens with one attached hydrogen (secondary N) is 2. The summed E-state index contributed by atoms with van der Waals surface area (Å²) in [4.78, 5) is 13.0. The van der Waals surface area contributed by atoms with E-state index in [1.54, 1.807) is 24.6 Å². The van der Waals surface area contributed by atoms with Gasteiger partial charge in [0.2, 0.25) is 0 Å². The fourth-order valence-corrected chi connectivity index (χ4v) is 4.29. The van der Waals surface area contributed by atoms with Crippen LogP contribution >= 0.6 is 22.9 Å². The highest BCUT2D eigenvalue weighted by Crippen LogP contribution is 2.34. The molecule has 3 heterocycles. The maximum absolute atomic E-state index is 5.89. The molecular weight excluding hydrogens is 398 g/mol. The zero-order valence-electron chi connectivity index (χ0n) is 15.6. The van der Waals surface area contributed by atoms with Gasteiger partial charge in [0.25, 0.3) is 0 Å². The first-order valence-electron chi connectivity index (χ1n) is 9.22. The molecule has 0 saturated carbocycles. The number of benzene rings is 1. The zero-order chi connectivity index (χ0) is 19.3. The Hall–Kier alpha value is -2.16. The molecule has 4 rings (SSSR count). The van der Waals surface area contributed by atoms with Gasteiger partial charge < -0.3 is 20.1 Å². The van der Waals surface area contributed by atoms with Crippen molar-refractivity contribution in [3.05, 3.63) is 35.2 Å². The van der Waals surface area contributed by atoms with Gasteiger partial charge in [0.1, 0.15) is 22.2 Å². The lowest BCUT2D eigenvalue weighted by Gasteiger charge is -2.21. The van der Waals surface area contributed by atoms with Crippen LogP contribution in [0.2, 0.25) is 5.15 Å². The summed E-state index contributed by atoms with van der Waals surface area (Å²) in [6.07, 6.45) is 5.35. The van der Waals surface area contributed by atoms with Crippen molar-refractivity contribution in [1.82, 2.24) is 15.0 Å². The minimum Gasteiger partial charge on any atom is -0.494 e. The van der Waals surface area contributed by atoms with Crippen LogP contribution in [0, 0.1) is 5.92 Å². The largest absolute Gasteiger partial charge is 0.494 e. The van der Waals surface area contributed by atoms with Crippen LogP contribution in [0.25, 0.3) is 10.2 Å². The third-order valence-corrected chi connectivity index (χ3v) is 5.84. The topological polar surface area (TPSA) is 81.2 Å². The molecule has 1 saturated heterocycles. The lowest BCUT2D eigenvalue weighted by Crippen LogP contribution is -2.22. The third kappa shape index (κ3) is 4.63. The SMILES string of the molecule is COc1cc(CNc2cncc(Cl)n2)cc2sc(NCC3CCOCC3)nc12. The summed E-state index contributed by atoms with van der Waals surface area (Å²) >= 11 is 7.53. The van der Waals surface area contributed by atoms with Crippen LogP contribution < -0.4 is 15.4 Å². The van der Waals surface area contributed by atoms with Crippen molar-refractivity contribution < 1.29 is 9.47 Å². The van der Waals surface area contributed by atoms with Crippen molar-refractivity contribution in [3.63, 3.8) is 0 Å². The Morgan fingerprint density at radius 1 is 1.21 bits per heavy atom. The van der Waals surface area contributed by atoms with Crippen LogP contribution in [-0.2, 0) is 11.3 Å². The van der Waals surface area contributed by atoms with Crippen LogP contribution in [0.15, 0.2) is 24.5 Å². The lowest BCUT2D eigenvalue weighted by atomic mass is 10.0. The molecular formula is C19H22ClN5O2S. The molecule has 0 bridgehead atoms. The molecule has 28 heavy (non-hydrogen) atoms. The summed E-state index contributed by atoms with van der Waals surface area (Å²) in [6.45, 7) is 3.22. The quantitative estimate of drug-likeness (QED) is 0.593. The van der Waals surface area contributed by atoms with Crippen LogP contribution in [0.3, 0.4) is 0 Å². The van der Waals surface area contributed by atoms with E-state index in [4.69, 9.17) is 26.1 Å². The van der Waals surface area contributed by atoms with Crippen molar-refractivity contribution in [2.24, 2.45) is 5.92 Å². The number of nitrogens with zero attached hydrogens (tertiary/aromatic N) is 3. The predicted molar refractivity (Wildman–Crippen MR) is 113 cm³/mol. The third-order valence-electron chi connectivity index (χ3n) is 4.70. The Labute approximate surface area is 172 Å². The van der Waals surface area contributed by atoms with Gasteiger partial charge in [0, 0.05) is 26.3 Å². The van der Waals surface area contributed by atoms with Crippen molar-refractivity contribution in [3.8, 4) is 5.75 Å². The highest BCUT2D eigenvalue weighted by molar-refractivity contribution is 7.22. The molecule has 7 nitrogen and oxygen atoms in total. The van der Waals surface area contributed by atoms with E-state index in [1.807, 2.05) is 6.07 Å². The van der Waals surface area contributed by atoms with E-state index in [1.165, 1.54) is 6.20 Å². The molecule has 1 aliphatic rings. The van der Waals surface area contributed by atoms with Gasteiger partial charge in [0.15, 0.2) is 5.13 Å². The van der Waals surface area contributed by atoms with Crippen LogP contribution in [0.4, 0.5) is 10.9 Å². The summed E-state index contributed by atoms with van der Waals surface area (Å²) in [6, 6.07) is 4.12. The van der Waals surface area contributed by atoms with Crippen molar-refractivity contribution in [1.29, 1.82) is 0 Å². The van der Waals surface area contributed by atoms with Crippen LogP contribution in [0.5, 0.6) is 5.75 Å². The Balaban J connectivity index is 1.47. The first-order chi connectivity index (χ1) is 13.7. The molecule has 148 valence electrons. The summed E-state index contributed by atoms with van der Waals surface area (Å²) in [7, 11) is 1.67. The smallest absolute Gasteiger partial charge is 0.183 e. The highest BCUT2D eigenvalue weighted by atomic mass is 35.5. The first-order valence-corrected chi connectivity index (χ1v) is 10.4. The van der Waals surface area contributed by atoms with E-state index >= 15 is 0 Å². The molecule has 1 aliphatic heterocycles. The molecule has 0 spiro atoms. The van der Waals surface area contributed by atoms with E-state index in [9.17, 15) is 0 Å². The molecule has 0 aliphatic carbocycles. The van der Waals surface area contributed by atoms with E-state index in [-0.39, 0.29) is 0 Å². The van der Waals surface area contributed by atoms with E-state index < -0.39 is 0 Å². The Morgan fingerprint density at radius 2 is 2.07 bits per heavy atom. The zero-order valence-corrected chi connectivity index (χ0v) is 17.1. The standard InChI is InChI=1S/C19H22ClN5O2S/c1-26-14-6-13(9-22-17-11-21-10-16(20)24-17)7-15-18(14)25-19(28-15)23-8-12-2-4-27-5-3-12/h6-7,10-12H,2-5,8-9H2,1H3,(H,22,24)(H,23,25). The van der Waals surface area contributed by atoms with Gasteiger partial charge in [-0.3, -0.25) is 4.98 Å². The van der Waals surface area contributed by atoms with Crippen LogP contribution in [0.1, 0.15) is 18.4 Å². The first kappa shape index (κ1) is 19.2. The number of hydrogen-bond acceptors (Lipinski definition) is 8. The average molecular weight is 420 g/mol. The molecule has 9 heteroatoms. The second-order valence-corrected chi connectivity index (χ2v) is 8.10. The lowest BCUT2D eigenvalue weighted by molar-refractivity contribution is 0.0699. The molecule has 0 unspecified atom stereocenters. The number of halogens is 1. The maximum Gasteiger partial charge on any atom is 0.183 e. The summed E-state index contributed by atoms with van der Waals surface area (Å²) in [5.74, 6) is 2.04. The Kier molecular flexibility index (Phi) is 6.09. The average Bonchev–Trinajstić information content (AvgIpc) is 3.14. The van der Waals surface area contributed by atoms with Crippen molar-refractivity contribution >= 4 is 44.1 Å². The summed E-state index contributed by atoms with van der Waals surface area (Å²) in [5, 5.41) is 8.01. The second-order valence-electron chi connectivity index (χ2n) is 6.68. The molecule has 2 N–H and O–H groups in total. The molecule has 3 aromatic rings. The van der Waals surface area contributed by atoms with Gasteiger partial charge >= 0.3 is 0 Å². The van der Waals surface area contributed by atoms with E-state index in [0.29, 0.717) is 23.4 Å². The monoisotopic (exact) mass is 419 g/mol. The number of ether oxygens (including phenoxy) is 2. The molecule has 2 aromatic heterocycles. The minimum atomic E-state index is 0.362. The number of rotatable bonds is 7. The predicted octanol–water partition coefficient (Wildman–Crippen LogP) is 4.20. The fourth-order valence-electron chi connectivity index (χ4n) is 3.19. The van der Waals surface area contributed by atoms with Gasteiger partial charge in [-0.05, 0) is 36.5 Å². The Morgan fingerprint density at radius 3 is 2.86 bits per heavy atom. The number of aromatic nitrogens is 3. The van der Waals surface area contributed by atoms with Gasteiger partial charge in [-0.1, -0.05) is 22.9 Å². The number of thiazole rings is 1. The van der Waals surface area contributed by atoms with Gasteiger partial charge in [-0.25, -0.2) is 9.97 Å². The van der Waals surface area contributed by atoms with Gasteiger partial charge in [0.05, 0.1) is 24.2 Å². The van der Waals surface area contributed by atoms with E-state index in [0.717, 1.165) is 59.3 Å². The molecule has 0 radical (unpaired) electrons. The number of fused-ring (bicyclic) bond motifs is 1. The number of methoxy groups -OCH3 is 1. The fraction of sp³-hybridized carbons (Fsp3) is 0.421. The van der Waals surface area contributed by atoms with Crippen molar-refractivity contribution in [2.45, 2.75) is 19.4 Å². The van der Waals surface area contributed by atoms with Crippen molar-refractivity contribution in [2.75, 3.05) is 37.5 Å². The molecule has 0 atom stereocenters. The summed E-state index contributed by atoms with van der Waals surface area (Å²) < 4.78 is 12.1. The summed E-state index contributed by atoms with van der Waals surface area (Å²) in [5.41, 5.74) is 1.96. The second kappa shape index (κ2) is 8.89. The van der Waals surface area contributed by atoms with E-state index in [2.05, 4.69) is 26.7 Å². The molecule has 0 amide bonds. The van der Waals surface area contributed by atoms with Gasteiger partial charge in [-0.15, -0.1) is 0 Å². The maximum atomic E-state index is 5.89. The number of anilines is 2.